The third kappa shape index (κ3) is 30.5. The predicted molar refractivity (Wildman–Crippen MR) is 504 cm³/mol. The molecule has 2 aliphatic heterocycles. The van der Waals surface area contributed by atoms with Crippen molar-refractivity contribution in [1.29, 1.82) is 0 Å². The number of aromatic nitrogens is 6. The van der Waals surface area contributed by atoms with E-state index < -0.39 is 7.81 Å². The molecule has 16 rings (SSSR count). The Hall–Kier alpha value is -12.4. The SMILES string of the molecule is C.C.C.CCN(CC)c1ccc2c(-c3ccnc(-c4cc(C)ccn4)c3)c3ccc(=[N+](CC)CC)cc-3oc2c1.CCN(CC)c1ccc2c(-c3ccnc(-c4cc(C)ccn4)c3)c3ccc(=[N+](CC)CC)cc-3oc2c1.F[P-](F)(F)(F)(F)F.[C-]#Cc1ccccc1.[C-]#Cc1ccccc1.[Pt+2].[Rh+2].[c-]1ccccc1-c1ccccn1.[c-]1ccccc1-c1ccccn1. The maximum absolute atomic E-state index is 10.7. The molecule has 21 heteroatoms. The first-order chi connectivity index (χ1) is 58.4. The first kappa shape index (κ1) is 104. The number of halogens is 6. The minimum Gasteiger partial charge on any atom is -0.366 e. The summed E-state index contributed by atoms with van der Waals surface area (Å²) in [6.45, 7) is 29.2. The molecule has 6 aromatic carbocycles. The molecule has 0 N–H and O–H groups in total. The fourth-order valence-corrected chi connectivity index (χ4v) is 13.5. The Morgan fingerprint density at radius 1 is 0.365 bits per heavy atom. The minimum atomic E-state index is -10.7. The Bertz CT molecular complexity index is 5760. The van der Waals surface area contributed by atoms with Crippen LogP contribution < -0.4 is 29.7 Å². The third-order valence-corrected chi connectivity index (χ3v) is 19.5. The van der Waals surface area contributed by atoms with Gasteiger partial charge in [0.1, 0.15) is 48.9 Å². The predicted octanol–water partition coefficient (Wildman–Crippen LogP) is 26.9. The van der Waals surface area contributed by atoms with Crippen molar-refractivity contribution in [2.24, 2.45) is 0 Å². The summed E-state index contributed by atoms with van der Waals surface area (Å²) in [5, 5.41) is 4.53. The zero-order valence-corrected chi connectivity index (χ0v) is 75.0. The maximum Gasteiger partial charge on any atom is 2.00 e. The molecule has 1 radical (unpaired) electrons. The molecular formula is C105H108F6N10O2PPtRh+. The maximum atomic E-state index is 9.87. The van der Waals surface area contributed by atoms with Gasteiger partial charge in [0.15, 0.2) is 0 Å². The van der Waals surface area contributed by atoms with E-state index in [0.29, 0.717) is 0 Å². The summed E-state index contributed by atoms with van der Waals surface area (Å²) in [4.78, 5) is 31.6. The van der Waals surface area contributed by atoms with Crippen LogP contribution in [0.5, 0.6) is 0 Å². The molecule has 12 nitrogen and oxygen atoms in total. The number of benzene rings is 8. The standard InChI is InChI=1S/2C32H35N4O.2C11H8N.2C8H5.3CH4.F6P.Pt.Rh/c2*1-6-35(7-2)24-10-12-26-30(20-24)37-31-21-25(36(8-3)9-4)11-13-27(31)32(26)23-15-17-34-29(19-23)28-18-22(5)14-16-33-28;2*1-2-6-10(7-3-1)11-8-4-5-9-12-11;2*1-2-8-6-4-3-5-7-8;;;;1-7(2,3,4,5)6;;/h2*10-21H,6-9H2,1-5H3;2*1-6,8-9H;2*3-7H;3*1H4;;;/q2*+1;4*-1;;;;-1;2*+2. The Morgan fingerprint density at radius 3 is 0.984 bits per heavy atom. The van der Waals surface area contributed by atoms with Crippen LogP contribution in [-0.2, 0) is 40.5 Å². The van der Waals surface area contributed by atoms with Crippen molar-refractivity contribution in [3.63, 3.8) is 0 Å². The normalized spacial score (nSPS) is 10.7. The van der Waals surface area contributed by atoms with E-state index in [9.17, 15) is 25.2 Å². The van der Waals surface area contributed by atoms with Crippen molar-refractivity contribution >= 4 is 41.1 Å². The molecule has 2 aliphatic carbocycles. The second-order valence-corrected chi connectivity index (χ2v) is 29.5. The first-order valence-corrected chi connectivity index (χ1v) is 42.1. The van der Waals surface area contributed by atoms with Crippen LogP contribution in [0.4, 0.5) is 36.6 Å². The Kier molecular flexibility index (Phi) is 40.8. The molecule has 0 atom stereocenters. The van der Waals surface area contributed by atoms with E-state index >= 15 is 0 Å². The summed E-state index contributed by atoms with van der Waals surface area (Å²) in [6.07, 6.45) is 24.4. The van der Waals surface area contributed by atoms with Crippen LogP contribution in [0.2, 0.25) is 0 Å². The average molecular weight is 1990 g/mol. The molecule has 12 aromatic rings. The number of hydrogen-bond donors (Lipinski definition) is 0. The van der Waals surface area contributed by atoms with Gasteiger partial charge in [-0.1, -0.05) is 82.9 Å². The monoisotopic (exact) mass is 1980 g/mol. The van der Waals surface area contributed by atoms with E-state index in [4.69, 9.17) is 21.7 Å². The Morgan fingerprint density at radius 2 is 0.690 bits per heavy atom. The molecule has 126 heavy (non-hydrogen) atoms. The van der Waals surface area contributed by atoms with Crippen molar-refractivity contribution in [2.75, 3.05) is 62.2 Å². The summed E-state index contributed by atoms with van der Waals surface area (Å²) in [6, 6.07) is 95.3. The molecule has 655 valence electrons. The van der Waals surface area contributed by atoms with Crippen LogP contribution in [-0.4, -0.2) is 82.3 Å². The number of anilines is 2. The second-order valence-electron chi connectivity index (χ2n) is 27.6. The number of nitrogens with zero attached hydrogens (tertiary/aromatic N) is 10. The van der Waals surface area contributed by atoms with Gasteiger partial charge >= 0.3 is 73.5 Å². The second kappa shape index (κ2) is 49.4. The average Bonchev–Trinajstić information content (AvgIpc) is 0.748. The molecule has 6 aromatic heterocycles. The molecule has 0 saturated carbocycles. The summed E-state index contributed by atoms with van der Waals surface area (Å²) < 4.78 is 77.1. The first-order valence-electron chi connectivity index (χ1n) is 40.1. The summed E-state index contributed by atoms with van der Waals surface area (Å²) in [5.74, 6) is 6.32. The van der Waals surface area contributed by atoms with Gasteiger partial charge in [-0.3, -0.25) is 31.8 Å². The molecule has 0 saturated heterocycles. The zero-order chi connectivity index (χ0) is 86.4. The third-order valence-electron chi connectivity index (χ3n) is 19.5. The van der Waals surface area contributed by atoms with Crippen molar-refractivity contribution in [1.82, 2.24) is 39.1 Å². The Labute approximate surface area is 767 Å². The fourth-order valence-electron chi connectivity index (χ4n) is 13.5. The Balaban J connectivity index is 0.000000289. The van der Waals surface area contributed by atoms with Crippen LogP contribution in [0.15, 0.2) is 313 Å². The van der Waals surface area contributed by atoms with Gasteiger partial charge in [0.25, 0.3) is 0 Å². The van der Waals surface area contributed by atoms with E-state index in [1.807, 2.05) is 183 Å². The van der Waals surface area contributed by atoms with E-state index in [2.05, 4.69) is 251 Å². The topological polar surface area (TPSA) is 116 Å². The smallest absolute Gasteiger partial charge is 0.366 e. The van der Waals surface area contributed by atoms with Crippen LogP contribution in [0.3, 0.4) is 0 Å². The molecular weight excluding hydrogens is 1880 g/mol. The van der Waals surface area contributed by atoms with Crippen molar-refractivity contribution < 1.29 is 74.6 Å². The zero-order valence-electron chi connectivity index (χ0n) is 70.2. The summed E-state index contributed by atoms with van der Waals surface area (Å²) in [7, 11) is -10.7. The van der Waals surface area contributed by atoms with E-state index in [0.717, 1.165) is 176 Å². The van der Waals surface area contributed by atoms with Crippen LogP contribution in [0.25, 0.3) is 112 Å². The van der Waals surface area contributed by atoms with Crippen molar-refractivity contribution in [2.45, 2.75) is 91.5 Å². The van der Waals surface area contributed by atoms with E-state index in [-0.39, 0.29) is 62.8 Å². The van der Waals surface area contributed by atoms with Crippen molar-refractivity contribution in [3.05, 3.63) is 362 Å². The van der Waals surface area contributed by atoms with Gasteiger partial charge in [-0.25, -0.2) is 9.15 Å². The van der Waals surface area contributed by atoms with Crippen LogP contribution >= 0.6 is 7.81 Å². The molecule has 0 bridgehead atoms. The van der Waals surface area contributed by atoms with Crippen LogP contribution in [0, 0.1) is 50.7 Å². The molecule has 0 unspecified atom stereocenters. The molecule has 8 heterocycles. The van der Waals surface area contributed by atoms with E-state index in [1.165, 1.54) is 33.2 Å². The van der Waals surface area contributed by atoms with Gasteiger partial charge in [0, 0.05) is 132 Å². The number of hydrogen-bond acceptors (Lipinski definition) is 10. The molecule has 4 aliphatic rings. The number of pyridine rings is 6. The van der Waals surface area contributed by atoms with Gasteiger partial charge in [0.05, 0.1) is 34.9 Å². The summed E-state index contributed by atoms with van der Waals surface area (Å²) >= 11 is 0. The molecule has 0 fully saturated rings. The minimum absolute atomic E-state index is 0. The fraction of sp³-hybridized carbons (Fsp3) is 0.200. The molecule has 0 spiro atoms. The molecule has 0 amide bonds. The van der Waals surface area contributed by atoms with Gasteiger partial charge in [-0.05, 0) is 200 Å². The number of rotatable bonds is 16. The van der Waals surface area contributed by atoms with Gasteiger partial charge < -0.3 is 41.4 Å². The van der Waals surface area contributed by atoms with Gasteiger partial charge in [-0.2, -0.15) is 0 Å². The van der Waals surface area contributed by atoms with Gasteiger partial charge in [-0.15, -0.1) is 107 Å². The van der Waals surface area contributed by atoms with Crippen molar-refractivity contribution in [3.8, 4) is 102 Å². The van der Waals surface area contributed by atoms with Gasteiger partial charge in [0.2, 0.25) is 10.7 Å². The largest absolute Gasteiger partial charge is 2.00 e. The summed E-state index contributed by atoms with van der Waals surface area (Å²) in [5.41, 5.74) is 22.3. The number of aryl methyl sites for hydroxylation is 2. The van der Waals surface area contributed by atoms with Crippen LogP contribution in [0.1, 0.15) is 99.9 Å². The number of fused-ring (bicyclic) bond motifs is 4. The van der Waals surface area contributed by atoms with E-state index in [1.54, 1.807) is 12.4 Å². The quantitative estimate of drug-likeness (QED) is 0.0176.